The van der Waals surface area contributed by atoms with Gasteiger partial charge in [-0.2, -0.15) is 8.78 Å². The van der Waals surface area contributed by atoms with Crippen molar-refractivity contribution in [2.45, 2.75) is 19.1 Å². The quantitative estimate of drug-likeness (QED) is 0.657. The van der Waals surface area contributed by atoms with Gasteiger partial charge in [-0.3, -0.25) is 0 Å². The molecule has 0 saturated heterocycles. The first kappa shape index (κ1) is 10.7. The molecule has 0 aliphatic heterocycles. The Hall–Kier alpha value is -0.260. The predicted molar refractivity (Wildman–Crippen MR) is 34.5 cm³/mol. The van der Waals surface area contributed by atoms with E-state index >= 15 is 0 Å². The van der Waals surface area contributed by atoms with Crippen molar-refractivity contribution in [2.24, 2.45) is 0 Å². The summed E-state index contributed by atoms with van der Waals surface area (Å²) in [5.41, 5.74) is 0. The standard InChI is InChI=1S/C6H12F2O3/c1-6(7,8)11-4-5(9)3-10-2/h5,9H,3-4H2,1-2H3. The van der Waals surface area contributed by atoms with Gasteiger partial charge in [0.25, 0.3) is 0 Å². The van der Waals surface area contributed by atoms with Crippen LogP contribution >= 0.6 is 0 Å². The molecule has 0 spiro atoms. The monoisotopic (exact) mass is 170 g/mol. The average molecular weight is 170 g/mol. The summed E-state index contributed by atoms with van der Waals surface area (Å²) in [6, 6.07) is 0. The van der Waals surface area contributed by atoms with Crippen LogP contribution in [0.2, 0.25) is 0 Å². The molecule has 1 N–H and O–H groups in total. The van der Waals surface area contributed by atoms with Crippen LogP contribution in [0.25, 0.3) is 0 Å². The Morgan fingerprint density at radius 2 is 2.00 bits per heavy atom. The van der Waals surface area contributed by atoms with E-state index < -0.39 is 18.8 Å². The molecule has 0 fully saturated rings. The fourth-order valence-electron chi connectivity index (χ4n) is 0.483. The van der Waals surface area contributed by atoms with Crippen molar-refractivity contribution in [1.82, 2.24) is 0 Å². The van der Waals surface area contributed by atoms with Crippen molar-refractivity contribution in [2.75, 3.05) is 20.3 Å². The van der Waals surface area contributed by atoms with Crippen LogP contribution in [-0.2, 0) is 9.47 Å². The van der Waals surface area contributed by atoms with E-state index in [4.69, 9.17) is 5.11 Å². The minimum atomic E-state index is -3.19. The van der Waals surface area contributed by atoms with E-state index in [1.54, 1.807) is 0 Å². The number of alkyl halides is 2. The van der Waals surface area contributed by atoms with E-state index in [1.807, 2.05) is 0 Å². The summed E-state index contributed by atoms with van der Waals surface area (Å²) in [6.45, 7) is 0.194. The summed E-state index contributed by atoms with van der Waals surface area (Å²) in [5, 5.41) is 8.83. The van der Waals surface area contributed by atoms with Crippen LogP contribution in [-0.4, -0.2) is 37.6 Å². The van der Waals surface area contributed by atoms with E-state index in [0.29, 0.717) is 6.92 Å². The minimum absolute atomic E-state index is 0.00389. The Bertz CT molecular complexity index is 102. The van der Waals surface area contributed by atoms with Gasteiger partial charge in [0, 0.05) is 14.0 Å². The number of ether oxygens (including phenoxy) is 2. The number of hydrogen-bond donors (Lipinski definition) is 1. The fourth-order valence-corrected chi connectivity index (χ4v) is 0.483. The first-order valence-electron chi connectivity index (χ1n) is 3.14. The van der Waals surface area contributed by atoms with E-state index in [9.17, 15) is 8.78 Å². The van der Waals surface area contributed by atoms with Crippen molar-refractivity contribution < 1.29 is 23.4 Å². The second-order valence-electron chi connectivity index (χ2n) is 2.23. The zero-order valence-corrected chi connectivity index (χ0v) is 6.51. The highest BCUT2D eigenvalue weighted by Gasteiger charge is 2.22. The van der Waals surface area contributed by atoms with Crippen molar-refractivity contribution in [3.8, 4) is 0 Å². The Kier molecular flexibility index (Phi) is 4.48. The highest BCUT2D eigenvalue weighted by molar-refractivity contribution is 4.52. The lowest BCUT2D eigenvalue weighted by molar-refractivity contribution is -0.236. The van der Waals surface area contributed by atoms with E-state index in [0.717, 1.165) is 0 Å². The Morgan fingerprint density at radius 1 is 1.45 bits per heavy atom. The third-order valence-electron chi connectivity index (χ3n) is 0.888. The normalized spacial score (nSPS) is 15.0. The zero-order valence-electron chi connectivity index (χ0n) is 6.51. The maximum absolute atomic E-state index is 11.9. The first-order chi connectivity index (χ1) is 4.95. The molecule has 0 aliphatic rings. The van der Waals surface area contributed by atoms with Crippen LogP contribution in [0.1, 0.15) is 6.92 Å². The van der Waals surface area contributed by atoms with Gasteiger partial charge in [0.05, 0.1) is 13.2 Å². The molecule has 0 aromatic carbocycles. The van der Waals surface area contributed by atoms with Gasteiger partial charge in [-0.05, 0) is 0 Å². The molecular formula is C6H12F2O3. The largest absolute Gasteiger partial charge is 0.388 e. The molecular weight excluding hydrogens is 158 g/mol. The summed E-state index contributed by atoms with van der Waals surface area (Å²) in [7, 11) is 1.37. The number of aliphatic hydroxyl groups excluding tert-OH is 1. The second kappa shape index (κ2) is 4.58. The molecule has 1 atom stereocenters. The van der Waals surface area contributed by atoms with E-state index in [2.05, 4.69) is 9.47 Å². The van der Waals surface area contributed by atoms with Crippen molar-refractivity contribution in [3.05, 3.63) is 0 Å². The molecule has 0 aromatic heterocycles. The lowest BCUT2D eigenvalue weighted by Gasteiger charge is -2.14. The van der Waals surface area contributed by atoms with Crippen molar-refractivity contribution >= 4 is 0 Å². The third-order valence-corrected chi connectivity index (χ3v) is 0.888. The van der Waals surface area contributed by atoms with E-state index in [-0.39, 0.29) is 6.61 Å². The average Bonchev–Trinajstić information content (AvgIpc) is 1.83. The molecule has 0 radical (unpaired) electrons. The molecule has 0 rings (SSSR count). The van der Waals surface area contributed by atoms with Crippen LogP contribution in [0.15, 0.2) is 0 Å². The molecule has 11 heavy (non-hydrogen) atoms. The Balaban J connectivity index is 3.38. The van der Waals surface area contributed by atoms with Crippen LogP contribution < -0.4 is 0 Å². The first-order valence-corrected chi connectivity index (χ1v) is 3.14. The Labute approximate surface area is 63.9 Å². The Morgan fingerprint density at radius 3 is 2.36 bits per heavy atom. The molecule has 0 heterocycles. The number of rotatable bonds is 5. The van der Waals surface area contributed by atoms with Crippen LogP contribution in [0.5, 0.6) is 0 Å². The van der Waals surface area contributed by atoms with Crippen LogP contribution in [0.4, 0.5) is 8.78 Å². The smallest absolute Gasteiger partial charge is 0.353 e. The van der Waals surface area contributed by atoms with Gasteiger partial charge in [0.1, 0.15) is 6.10 Å². The molecule has 0 aromatic rings. The number of methoxy groups -OCH3 is 1. The maximum Gasteiger partial charge on any atom is 0.353 e. The summed E-state index contributed by atoms with van der Waals surface area (Å²) < 4.78 is 32.4. The summed E-state index contributed by atoms with van der Waals surface area (Å²) >= 11 is 0. The van der Waals surface area contributed by atoms with Crippen LogP contribution in [0.3, 0.4) is 0 Å². The SMILES string of the molecule is COCC(O)COC(C)(F)F. The van der Waals surface area contributed by atoms with Crippen molar-refractivity contribution in [3.63, 3.8) is 0 Å². The molecule has 0 aliphatic carbocycles. The van der Waals surface area contributed by atoms with Crippen LogP contribution in [0, 0.1) is 0 Å². The minimum Gasteiger partial charge on any atom is -0.388 e. The van der Waals surface area contributed by atoms with Gasteiger partial charge in [0.15, 0.2) is 0 Å². The molecule has 5 heteroatoms. The number of aliphatic hydroxyl groups is 1. The third kappa shape index (κ3) is 7.64. The van der Waals surface area contributed by atoms with Gasteiger partial charge in [-0.15, -0.1) is 0 Å². The van der Waals surface area contributed by atoms with Gasteiger partial charge < -0.3 is 14.6 Å². The molecule has 0 amide bonds. The van der Waals surface area contributed by atoms with Gasteiger partial charge in [-0.25, -0.2) is 0 Å². The summed E-state index contributed by atoms with van der Waals surface area (Å²) in [5.74, 6) is 0. The lowest BCUT2D eigenvalue weighted by Crippen LogP contribution is -2.26. The molecule has 0 bridgehead atoms. The number of halogens is 2. The van der Waals surface area contributed by atoms with Gasteiger partial charge in [0.2, 0.25) is 0 Å². The lowest BCUT2D eigenvalue weighted by atomic mass is 10.4. The second-order valence-corrected chi connectivity index (χ2v) is 2.23. The van der Waals surface area contributed by atoms with E-state index in [1.165, 1.54) is 7.11 Å². The van der Waals surface area contributed by atoms with Gasteiger partial charge >= 0.3 is 6.11 Å². The summed E-state index contributed by atoms with van der Waals surface area (Å²) in [4.78, 5) is 0. The van der Waals surface area contributed by atoms with Crippen molar-refractivity contribution in [1.29, 1.82) is 0 Å². The summed E-state index contributed by atoms with van der Waals surface area (Å²) in [6.07, 6.45) is -4.18. The predicted octanol–water partition coefficient (Wildman–Crippen LogP) is 0.623. The topological polar surface area (TPSA) is 38.7 Å². The fraction of sp³-hybridized carbons (Fsp3) is 1.00. The molecule has 1 unspecified atom stereocenters. The zero-order chi connectivity index (χ0) is 8.91. The van der Waals surface area contributed by atoms with Gasteiger partial charge in [-0.1, -0.05) is 0 Å². The molecule has 3 nitrogen and oxygen atoms in total. The maximum atomic E-state index is 11.9. The highest BCUT2D eigenvalue weighted by Crippen LogP contribution is 2.12. The number of hydrogen-bond acceptors (Lipinski definition) is 3. The molecule has 0 saturated carbocycles. The molecule has 68 valence electrons. The highest BCUT2D eigenvalue weighted by atomic mass is 19.3.